The van der Waals surface area contributed by atoms with Crippen molar-refractivity contribution in [1.82, 2.24) is 9.88 Å². The summed E-state index contributed by atoms with van der Waals surface area (Å²) in [5, 5.41) is 0. The van der Waals surface area contributed by atoms with Gasteiger partial charge in [0.15, 0.2) is 0 Å². The lowest BCUT2D eigenvalue weighted by Gasteiger charge is -2.54. The van der Waals surface area contributed by atoms with Crippen LogP contribution in [-0.2, 0) is 20.7 Å². The molecule has 1 amide bonds. The van der Waals surface area contributed by atoms with Gasteiger partial charge in [-0.25, -0.2) is 0 Å². The molecule has 4 heterocycles. The lowest BCUT2D eigenvalue weighted by atomic mass is 9.65. The van der Waals surface area contributed by atoms with E-state index in [-0.39, 0.29) is 17.4 Å². The Labute approximate surface area is 155 Å². The summed E-state index contributed by atoms with van der Waals surface area (Å²) >= 11 is 0. The van der Waals surface area contributed by atoms with Crippen LogP contribution in [0.1, 0.15) is 37.8 Å². The zero-order chi connectivity index (χ0) is 17.8. The van der Waals surface area contributed by atoms with Crippen LogP contribution in [0.2, 0.25) is 0 Å². The zero-order valence-electron chi connectivity index (χ0n) is 15.4. The second-order valence-electron chi connectivity index (χ2n) is 7.58. The number of aromatic nitrogens is 1. The summed E-state index contributed by atoms with van der Waals surface area (Å²) in [5.74, 6) is 0.263. The number of rotatable bonds is 4. The first kappa shape index (κ1) is 17.7. The Kier molecular flexibility index (Phi) is 5.36. The zero-order valence-corrected chi connectivity index (χ0v) is 15.4. The predicted molar refractivity (Wildman–Crippen MR) is 98.7 cm³/mol. The molecule has 2 atom stereocenters. The molecule has 0 bridgehead atoms. The van der Waals surface area contributed by atoms with Crippen molar-refractivity contribution in [3.63, 3.8) is 0 Å². The van der Waals surface area contributed by atoms with Gasteiger partial charge in [-0.3, -0.25) is 9.78 Å². The number of nitrogens with zero attached hydrogens (tertiary/aromatic N) is 2. The van der Waals surface area contributed by atoms with Crippen LogP contribution in [0.3, 0.4) is 0 Å². The second-order valence-corrected chi connectivity index (χ2v) is 7.58. The molecule has 0 unspecified atom stereocenters. The van der Waals surface area contributed by atoms with E-state index in [0.29, 0.717) is 19.4 Å². The van der Waals surface area contributed by atoms with Gasteiger partial charge in [-0.05, 0) is 44.2 Å². The molecule has 5 heteroatoms. The van der Waals surface area contributed by atoms with Crippen molar-refractivity contribution in [2.45, 2.75) is 44.6 Å². The van der Waals surface area contributed by atoms with Crippen LogP contribution >= 0.6 is 0 Å². The quantitative estimate of drug-likeness (QED) is 0.779. The van der Waals surface area contributed by atoms with Crippen molar-refractivity contribution in [2.75, 3.05) is 33.0 Å². The Morgan fingerprint density at radius 2 is 2.27 bits per heavy atom. The van der Waals surface area contributed by atoms with Gasteiger partial charge < -0.3 is 14.4 Å². The van der Waals surface area contributed by atoms with Gasteiger partial charge in [-0.1, -0.05) is 17.7 Å². The van der Waals surface area contributed by atoms with Crippen LogP contribution < -0.4 is 0 Å². The maximum Gasteiger partial charge on any atom is 0.223 e. The number of likely N-dealkylation sites (tertiary alicyclic amines) is 1. The van der Waals surface area contributed by atoms with E-state index in [9.17, 15) is 4.79 Å². The molecular weight excluding hydrogens is 328 g/mol. The summed E-state index contributed by atoms with van der Waals surface area (Å²) in [6.07, 6.45) is 9.36. The molecule has 0 aromatic carbocycles. The first-order valence-corrected chi connectivity index (χ1v) is 9.84. The number of aryl methyl sites for hydroxylation is 1. The molecule has 1 aromatic heterocycles. The summed E-state index contributed by atoms with van der Waals surface area (Å²) in [4.78, 5) is 19.6. The van der Waals surface area contributed by atoms with Gasteiger partial charge in [-0.15, -0.1) is 0 Å². The fourth-order valence-corrected chi connectivity index (χ4v) is 4.90. The molecule has 0 radical (unpaired) electrons. The molecule has 5 nitrogen and oxygen atoms in total. The number of pyridine rings is 1. The highest BCUT2D eigenvalue weighted by Gasteiger charge is 2.50. The molecule has 26 heavy (non-hydrogen) atoms. The number of amides is 1. The average Bonchev–Trinajstić information content (AvgIpc) is 2.73. The van der Waals surface area contributed by atoms with Crippen molar-refractivity contribution in [3.8, 4) is 0 Å². The third-order valence-corrected chi connectivity index (χ3v) is 6.18. The number of ether oxygens (including phenoxy) is 2. The van der Waals surface area contributed by atoms with Gasteiger partial charge in [0.25, 0.3) is 0 Å². The number of piperidine rings is 1. The minimum absolute atomic E-state index is 0.000929. The topological polar surface area (TPSA) is 51.7 Å². The highest BCUT2D eigenvalue weighted by molar-refractivity contribution is 5.77. The first-order valence-electron chi connectivity index (χ1n) is 9.84. The number of carbonyl (C=O) groups is 1. The maximum absolute atomic E-state index is 13.1. The molecule has 0 saturated carbocycles. The van der Waals surface area contributed by atoms with Crippen molar-refractivity contribution in [1.29, 1.82) is 0 Å². The predicted octanol–water partition coefficient (Wildman–Crippen LogP) is 2.76. The monoisotopic (exact) mass is 356 g/mol. The molecule has 1 aromatic rings. The molecule has 140 valence electrons. The Balaban J connectivity index is 1.51. The number of hydrogen-bond donors (Lipinski definition) is 0. The molecule has 0 N–H and O–H groups in total. The molecule has 2 fully saturated rings. The minimum atomic E-state index is 0.000929. The van der Waals surface area contributed by atoms with Gasteiger partial charge in [0.05, 0.1) is 19.8 Å². The Hall–Kier alpha value is -1.72. The van der Waals surface area contributed by atoms with Gasteiger partial charge in [0.1, 0.15) is 0 Å². The van der Waals surface area contributed by atoms with E-state index in [1.807, 2.05) is 18.2 Å². The standard InChI is InChI=1S/C21H28N2O3/c24-20(6-5-18-4-1-2-11-22-18)23-12-3-10-21(16-26-15-9-19(21)23)17-7-13-25-14-8-17/h1-2,4,7,11,19H,3,5-6,8-10,12-16H2/t19-,21-/m0/s1. The van der Waals surface area contributed by atoms with Crippen LogP contribution in [0, 0.1) is 5.41 Å². The van der Waals surface area contributed by atoms with Crippen LogP contribution in [0.4, 0.5) is 0 Å². The number of hydrogen-bond acceptors (Lipinski definition) is 4. The Morgan fingerprint density at radius 3 is 3.08 bits per heavy atom. The van der Waals surface area contributed by atoms with E-state index in [1.54, 1.807) is 6.20 Å². The van der Waals surface area contributed by atoms with E-state index in [4.69, 9.17) is 9.47 Å². The summed E-state index contributed by atoms with van der Waals surface area (Å²) in [6.45, 7) is 3.84. The third kappa shape index (κ3) is 3.42. The van der Waals surface area contributed by atoms with E-state index in [2.05, 4.69) is 16.0 Å². The summed E-state index contributed by atoms with van der Waals surface area (Å²) < 4.78 is 11.4. The van der Waals surface area contributed by atoms with E-state index in [1.165, 1.54) is 5.57 Å². The van der Waals surface area contributed by atoms with Crippen molar-refractivity contribution in [3.05, 3.63) is 41.7 Å². The Bertz CT molecular complexity index is 656. The molecule has 3 aliphatic rings. The lowest BCUT2D eigenvalue weighted by Crippen LogP contribution is -2.59. The van der Waals surface area contributed by atoms with Gasteiger partial charge in [0.2, 0.25) is 5.91 Å². The van der Waals surface area contributed by atoms with Crippen LogP contribution in [0.15, 0.2) is 36.0 Å². The van der Waals surface area contributed by atoms with Gasteiger partial charge >= 0.3 is 0 Å². The molecule has 4 rings (SSSR count). The van der Waals surface area contributed by atoms with E-state index < -0.39 is 0 Å². The SMILES string of the molecule is O=C(CCc1ccccn1)N1CCC[C@@]2(C3=CCOCC3)COCC[C@H]12. The van der Waals surface area contributed by atoms with Crippen LogP contribution in [0.5, 0.6) is 0 Å². The maximum atomic E-state index is 13.1. The fourth-order valence-electron chi connectivity index (χ4n) is 4.90. The van der Waals surface area contributed by atoms with E-state index in [0.717, 1.165) is 57.7 Å². The molecule has 0 aliphatic carbocycles. The number of fused-ring (bicyclic) bond motifs is 1. The van der Waals surface area contributed by atoms with Gasteiger partial charge in [0, 0.05) is 42.9 Å². The number of carbonyl (C=O) groups excluding carboxylic acids is 1. The molecular formula is C21H28N2O3. The minimum Gasteiger partial charge on any atom is -0.380 e. The van der Waals surface area contributed by atoms with Crippen LogP contribution in [-0.4, -0.2) is 54.8 Å². The normalized spacial score (nSPS) is 29.0. The highest BCUT2D eigenvalue weighted by Crippen LogP contribution is 2.48. The fraction of sp³-hybridized carbons (Fsp3) is 0.619. The van der Waals surface area contributed by atoms with Crippen molar-refractivity contribution >= 4 is 5.91 Å². The Morgan fingerprint density at radius 1 is 1.31 bits per heavy atom. The molecule has 0 spiro atoms. The molecule has 2 saturated heterocycles. The largest absolute Gasteiger partial charge is 0.380 e. The highest BCUT2D eigenvalue weighted by atomic mass is 16.5. The third-order valence-electron chi connectivity index (χ3n) is 6.18. The molecule has 3 aliphatic heterocycles. The van der Waals surface area contributed by atoms with E-state index >= 15 is 0 Å². The average molecular weight is 356 g/mol. The second kappa shape index (κ2) is 7.89. The van der Waals surface area contributed by atoms with Crippen molar-refractivity contribution < 1.29 is 14.3 Å². The lowest BCUT2D eigenvalue weighted by molar-refractivity contribution is -0.147. The smallest absolute Gasteiger partial charge is 0.223 e. The summed E-state index contributed by atoms with van der Waals surface area (Å²) in [5.41, 5.74) is 2.44. The van der Waals surface area contributed by atoms with Crippen LogP contribution in [0.25, 0.3) is 0 Å². The van der Waals surface area contributed by atoms with Crippen molar-refractivity contribution in [2.24, 2.45) is 5.41 Å². The summed E-state index contributed by atoms with van der Waals surface area (Å²) in [7, 11) is 0. The van der Waals surface area contributed by atoms with Gasteiger partial charge in [-0.2, -0.15) is 0 Å². The first-order chi connectivity index (χ1) is 12.8. The summed E-state index contributed by atoms with van der Waals surface area (Å²) in [6, 6.07) is 6.16.